The van der Waals surface area contributed by atoms with E-state index < -0.39 is 0 Å². The first-order chi connectivity index (χ1) is 7.77. The summed E-state index contributed by atoms with van der Waals surface area (Å²) < 4.78 is 5.66. The molecule has 0 bridgehead atoms. The third kappa shape index (κ3) is 2.94. The maximum atomic E-state index is 12.2. The summed E-state index contributed by atoms with van der Waals surface area (Å²) >= 11 is 0. The van der Waals surface area contributed by atoms with Gasteiger partial charge in [-0.3, -0.25) is 4.79 Å². The van der Waals surface area contributed by atoms with Crippen LogP contribution in [0.25, 0.3) is 0 Å². The zero-order valence-electron chi connectivity index (χ0n) is 10.2. The molecule has 2 atom stereocenters. The van der Waals surface area contributed by atoms with E-state index in [4.69, 9.17) is 4.74 Å². The van der Waals surface area contributed by atoms with Gasteiger partial charge in [0.25, 0.3) is 0 Å². The molecule has 16 heavy (non-hydrogen) atoms. The molecular weight excluding hydrogens is 200 g/mol. The first-order valence-corrected chi connectivity index (χ1v) is 6.66. The summed E-state index contributed by atoms with van der Waals surface area (Å²) in [6.07, 6.45) is 11.3. The normalized spacial score (nSPS) is 31.7. The first-order valence-electron chi connectivity index (χ1n) is 6.66. The lowest BCUT2D eigenvalue weighted by molar-refractivity contribution is -0.125. The number of Topliss-reactive ketones (excluding diaryl/α,β-unsaturated/α-hetero) is 1. The Bertz CT molecular complexity index is 280. The van der Waals surface area contributed by atoms with Crippen LogP contribution in [0.4, 0.5) is 0 Å². The fourth-order valence-electron chi connectivity index (χ4n) is 2.62. The van der Waals surface area contributed by atoms with Gasteiger partial charge in [0.05, 0.1) is 6.10 Å². The minimum atomic E-state index is -0.138. The highest BCUT2D eigenvalue weighted by Crippen LogP contribution is 2.25. The van der Waals surface area contributed by atoms with Gasteiger partial charge in [-0.15, -0.1) is 0 Å². The van der Waals surface area contributed by atoms with E-state index in [1.807, 2.05) is 0 Å². The highest BCUT2D eigenvalue weighted by Gasteiger charge is 2.29. The van der Waals surface area contributed by atoms with Crippen LogP contribution in [0.2, 0.25) is 0 Å². The monoisotopic (exact) mass is 222 g/mol. The van der Waals surface area contributed by atoms with E-state index in [9.17, 15) is 4.79 Å². The molecule has 0 aromatic carbocycles. The van der Waals surface area contributed by atoms with Crippen LogP contribution in [-0.4, -0.2) is 18.0 Å². The molecule has 2 aliphatic rings. The highest BCUT2D eigenvalue weighted by atomic mass is 16.5. The highest BCUT2D eigenvalue weighted by molar-refractivity contribution is 5.98. The van der Waals surface area contributed by atoms with Crippen LogP contribution in [0.1, 0.15) is 58.3 Å². The molecule has 0 radical (unpaired) electrons. The van der Waals surface area contributed by atoms with E-state index in [0.29, 0.717) is 0 Å². The maximum absolute atomic E-state index is 12.2. The lowest BCUT2D eigenvalue weighted by atomic mass is 9.94. The SMILES string of the molecule is CC1CCC(C(=O)C2=CCCCCCC2)O1. The van der Waals surface area contributed by atoms with Gasteiger partial charge in [-0.05, 0) is 51.0 Å². The molecule has 1 saturated heterocycles. The Morgan fingerprint density at radius 2 is 2.06 bits per heavy atom. The Hall–Kier alpha value is -0.630. The number of hydrogen-bond acceptors (Lipinski definition) is 2. The van der Waals surface area contributed by atoms with E-state index in [2.05, 4.69) is 13.0 Å². The van der Waals surface area contributed by atoms with Gasteiger partial charge in [0.2, 0.25) is 0 Å². The van der Waals surface area contributed by atoms with Crippen molar-refractivity contribution in [3.8, 4) is 0 Å². The number of ether oxygens (including phenoxy) is 1. The summed E-state index contributed by atoms with van der Waals surface area (Å²) in [6, 6.07) is 0. The maximum Gasteiger partial charge on any atom is 0.187 e. The lowest BCUT2D eigenvalue weighted by Gasteiger charge is -2.14. The molecule has 1 aliphatic heterocycles. The average molecular weight is 222 g/mol. The Balaban J connectivity index is 1.96. The molecule has 2 nitrogen and oxygen atoms in total. The molecule has 0 saturated carbocycles. The van der Waals surface area contributed by atoms with Gasteiger partial charge in [-0.25, -0.2) is 0 Å². The summed E-state index contributed by atoms with van der Waals surface area (Å²) in [5.41, 5.74) is 1.04. The van der Waals surface area contributed by atoms with Crippen molar-refractivity contribution in [2.45, 2.75) is 70.5 Å². The van der Waals surface area contributed by atoms with Gasteiger partial charge >= 0.3 is 0 Å². The standard InChI is InChI=1S/C14H22O2/c1-11-9-10-13(16-11)14(15)12-7-5-3-2-4-6-8-12/h7,11,13H,2-6,8-10H2,1H3. The fraction of sp³-hybridized carbons (Fsp3) is 0.786. The number of hydrogen-bond donors (Lipinski definition) is 0. The van der Waals surface area contributed by atoms with Gasteiger partial charge < -0.3 is 4.74 Å². The third-order valence-corrected chi connectivity index (χ3v) is 3.63. The molecule has 2 unspecified atom stereocenters. The number of carbonyl (C=O) groups excluding carboxylic acids is 1. The molecule has 2 heteroatoms. The van der Waals surface area contributed by atoms with Crippen LogP contribution < -0.4 is 0 Å². The smallest absolute Gasteiger partial charge is 0.187 e. The van der Waals surface area contributed by atoms with Gasteiger partial charge in [-0.1, -0.05) is 18.9 Å². The zero-order chi connectivity index (χ0) is 11.4. The fourth-order valence-corrected chi connectivity index (χ4v) is 2.62. The largest absolute Gasteiger partial charge is 0.367 e. The lowest BCUT2D eigenvalue weighted by Crippen LogP contribution is -2.22. The van der Waals surface area contributed by atoms with Crippen LogP contribution in [0.5, 0.6) is 0 Å². The minimum Gasteiger partial charge on any atom is -0.367 e. The third-order valence-electron chi connectivity index (χ3n) is 3.63. The van der Waals surface area contributed by atoms with Crippen LogP contribution >= 0.6 is 0 Å². The Morgan fingerprint density at radius 1 is 1.25 bits per heavy atom. The van der Waals surface area contributed by atoms with Crippen LogP contribution in [0, 0.1) is 0 Å². The summed E-state index contributed by atoms with van der Waals surface area (Å²) in [5.74, 6) is 0.270. The number of ketones is 1. The summed E-state index contributed by atoms with van der Waals surface area (Å²) in [5, 5.41) is 0. The molecule has 0 spiro atoms. The minimum absolute atomic E-state index is 0.138. The molecule has 2 rings (SSSR count). The molecule has 90 valence electrons. The van der Waals surface area contributed by atoms with Crippen molar-refractivity contribution in [1.29, 1.82) is 0 Å². The summed E-state index contributed by atoms with van der Waals surface area (Å²) in [6.45, 7) is 2.06. The molecular formula is C14H22O2. The Kier molecular flexibility index (Phi) is 4.16. The second-order valence-electron chi connectivity index (χ2n) is 5.06. The second-order valence-corrected chi connectivity index (χ2v) is 5.06. The van der Waals surface area contributed by atoms with Gasteiger partial charge in [-0.2, -0.15) is 0 Å². The predicted octanol–water partition coefficient (Wildman–Crippen LogP) is 3.40. The molecule has 0 aromatic rings. The van der Waals surface area contributed by atoms with Crippen molar-refractivity contribution >= 4 is 5.78 Å². The number of carbonyl (C=O) groups is 1. The van der Waals surface area contributed by atoms with Crippen molar-refractivity contribution in [3.05, 3.63) is 11.6 Å². The van der Waals surface area contributed by atoms with Crippen LogP contribution in [-0.2, 0) is 9.53 Å². The molecule has 0 aromatic heterocycles. The van der Waals surface area contributed by atoms with E-state index >= 15 is 0 Å². The average Bonchev–Trinajstić information content (AvgIpc) is 2.63. The van der Waals surface area contributed by atoms with Gasteiger partial charge in [0.15, 0.2) is 5.78 Å². The van der Waals surface area contributed by atoms with E-state index in [1.54, 1.807) is 0 Å². The van der Waals surface area contributed by atoms with Crippen molar-refractivity contribution in [2.24, 2.45) is 0 Å². The van der Waals surface area contributed by atoms with E-state index in [-0.39, 0.29) is 18.0 Å². The molecule has 1 fully saturated rings. The van der Waals surface area contributed by atoms with E-state index in [1.165, 1.54) is 25.7 Å². The van der Waals surface area contributed by atoms with Crippen molar-refractivity contribution in [3.63, 3.8) is 0 Å². The number of rotatable bonds is 2. The molecule has 1 heterocycles. The van der Waals surface area contributed by atoms with Gasteiger partial charge in [0, 0.05) is 0 Å². The zero-order valence-corrected chi connectivity index (χ0v) is 10.2. The quantitative estimate of drug-likeness (QED) is 0.715. The van der Waals surface area contributed by atoms with Crippen molar-refractivity contribution < 1.29 is 9.53 Å². The molecule has 0 amide bonds. The second kappa shape index (κ2) is 5.62. The molecule has 1 aliphatic carbocycles. The van der Waals surface area contributed by atoms with Crippen molar-refractivity contribution in [2.75, 3.05) is 0 Å². The van der Waals surface area contributed by atoms with Crippen LogP contribution in [0.15, 0.2) is 11.6 Å². The Labute approximate surface area is 98.1 Å². The Morgan fingerprint density at radius 3 is 2.81 bits per heavy atom. The van der Waals surface area contributed by atoms with E-state index in [0.717, 1.165) is 31.3 Å². The topological polar surface area (TPSA) is 26.3 Å². The molecule has 0 N–H and O–H groups in total. The van der Waals surface area contributed by atoms with Gasteiger partial charge in [0.1, 0.15) is 6.10 Å². The summed E-state index contributed by atoms with van der Waals surface area (Å²) in [7, 11) is 0. The number of allylic oxidation sites excluding steroid dienone is 1. The summed E-state index contributed by atoms with van der Waals surface area (Å²) in [4.78, 5) is 12.2. The van der Waals surface area contributed by atoms with Crippen molar-refractivity contribution in [1.82, 2.24) is 0 Å². The van der Waals surface area contributed by atoms with Crippen LogP contribution in [0.3, 0.4) is 0 Å². The first kappa shape index (κ1) is 11.8. The predicted molar refractivity (Wildman–Crippen MR) is 64.4 cm³/mol.